The van der Waals surface area contributed by atoms with Crippen LogP contribution < -0.4 is 0 Å². The van der Waals surface area contributed by atoms with Crippen LogP contribution >= 0.6 is 11.8 Å². The van der Waals surface area contributed by atoms with Gasteiger partial charge in [0, 0.05) is 18.3 Å². The summed E-state index contributed by atoms with van der Waals surface area (Å²) in [5.74, 6) is -0.505. The summed E-state index contributed by atoms with van der Waals surface area (Å²) >= 11 is 1.38. The fourth-order valence-electron chi connectivity index (χ4n) is 3.33. The van der Waals surface area contributed by atoms with Gasteiger partial charge in [-0.25, -0.2) is 17.8 Å². The number of amides is 1. The van der Waals surface area contributed by atoms with Crippen LogP contribution in [0.3, 0.4) is 0 Å². The van der Waals surface area contributed by atoms with E-state index in [1.807, 2.05) is 13.2 Å². The van der Waals surface area contributed by atoms with Gasteiger partial charge < -0.3 is 4.90 Å². The Morgan fingerprint density at radius 2 is 2.07 bits per heavy atom. The molecule has 1 aromatic carbocycles. The molecule has 2 aromatic rings. The third-order valence-electron chi connectivity index (χ3n) is 4.59. The van der Waals surface area contributed by atoms with Gasteiger partial charge in [0.1, 0.15) is 11.5 Å². The number of thioether (sulfide) groups is 1. The molecule has 6 nitrogen and oxygen atoms in total. The Kier molecular flexibility index (Phi) is 5.90. The summed E-state index contributed by atoms with van der Waals surface area (Å²) in [6.45, 7) is 2.43. The van der Waals surface area contributed by atoms with Crippen molar-refractivity contribution in [1.82, 2.24) is 14.5 Å². The van der Waals surface area contributed by atoms with Crippen LogP contribution in [0, 0.1) is 5.82 Å². The third-order valence-corrected chi connectivity index (χ3v) is 6.99. The van der Waals surface area contributed by atoms with Crippen LogP contribution in [0.2, 0.25) is 0 Å². The predicted octanol–water partition coefficient (Wildman–Crippen LogP) is 2.77. The van der Waals surface area contributed by atoms with E-state index in [4.69, 9.17) is 0 Å². The van der Waals surface area contributed by atoms with Crippen LogP contribution in [-0.2, 0) is 9.84 Å². The van der Waals surface area contributed by atoms with Gasteiger partial charge in [0.05, 0.1) is 17.7 Å². The molecule has 1 aliphatic rings. The second-order valence-corrected chi connectivity index (χ2v) is 9.50. The van der Waals surface area contributed by atoms with Crippen molar-refractivity contribution >= 4 is 27.5 Å². The maximum absolute atomic E-state index is 13.3. The summed E-state index contributed by atoms with van der Waals surface area (Å²) in [7, 11) is -3.10. The molecule has 0 N–H and O–H groups in total. The van der Waals surface area contributed by atoms with Crippen LogP contribution in [0.15, 0.2) is 35.6 Å². The largest absolute Gasteiger partial charge is 0.333 e. The van der Waals surface area contributed by atoms with E-state index in [2.05, 4.69) is 4.98 Å². The van der Waals surface area contributed by atoms with Gasteiger partial charge in [-0.15, -0.1) is 0 Å². The SMILES string of the molecule is CCCN(C(=O)c1cnc(SC)n1-c1ccc(F)cc1)C1CCS(=O)(=O)C1. The Morgan fingerprint density at radius 3 is 2.63 bits per heavy atom. The number of hydrogen-bond donors (Lipinski definition) is 0. The Morgan fingerprint density at radius 1 is 1.37 bits per heavy atom. The van der Waals surface area contributed by atoms with Crippen molar-refractivity contribution < 1.29 is 17.6 Å². The van der Waals surface area contributed by atoms with Crippen molar-refractivity contribution in [2.24, 2.45) is 0 Å². The van der Waals surface area contributed by atoms with Gasteiger partial charge in [0.2, 0.25) is 0 Å². The number of halogens is 1. The zero-order valence-corrected chi connectivity index (χ0v) is 16.9. The van der Waals surface area contributed by atoms with E-state index >= 15 is 0 Å². The molecule has 1 atom stereocenters. The van der Waals surface area contributed by atoms with E-state index in [1.165, 1.54) is 30.1 Å². The maximum atomic E-state index is 13.3. The minimum Gasteiger partial charge on any atom is -0.333 e. The van der Waals surface area contributed by atoms with Crippen molar-refractivity contribution in [3.8, 4) is 5.69 Å². The van der Waals surface area contributed by atoms with E-state index in [0.717, 1.165) is 6.42 Å². The number of sulfone groups is 1. The molecule has 9 heteroatoms. The lowest BCUT2D eigenvalue weighted by atomic mass is 10.2. The van der Waals surface area contributed by atoms with Gasteiger partial charge in [-0.1, -0.05) is 18.7 Å². The number of aromatic nitrogens is 2. The fourth-order valence-corrected chi connectivity index (χ4v) is 5.60. The molecule has 0 saturated carbocycles. The van der Waals surface area contributed by atoms with Gasteiger partial charge in [0.15, 0.2) is 15.0 Å². The quantitative estimate of drug-likeness (QED) is 0.684. The standard InChI is InChI=1S/C18H22FN3O3S2/c1-3-9-21(15-8-10-27(24,25)12-15)17(23)16-11-20-18(26-2)22(16)14-6-4-13(19)5-7-14/h4-7,11,15H,3,8-10,12H2,1-2H3. The molecule has 2 heterocycles. The molecule has 1 aromatic heterocycles. The molecule has 1 fully saturated rings. The number of imidazole rings is 1. The minimum absolute atomic E-state index is 0.00118. The number of benzene rings is 1. The first-order valence-electron chi connectivity index (χ1n) is 8.75. The van der Waals surface area contributed by atoms with Gasteiger partial charge in [-0.3, -0.25) is 9.36 Å². The average molecular weight is 412 g/mol. The second-order valence-electron chi connectivity index (χ2n) is 6.50. The van der Waals surface area contributed by atoms with Crippen molar-refractivity contribution in [3.63, 3.8) is 0 Å². The van der Waals surface area contributed by atoms with Crippen LogP contribution in [0.1, 0.15) is 30.3 Å². The van der Waals surface area contributed by atoms with Crippen molar-refractivity contribution in [3.05, 3.63) is 42.0 Å². The van der Waals surface area contributed by atoms with E-state index in [-0.39, 0.29) is 29.3 Å². The first-order valence-corrected chi connectivity index (χ1v) is 11.8. The summed E-state index contributed by atoms with van der Waals surface area (Å²) in [5.41, 5.74) is 0.987. The number of nitrogens with zero attached hydrogens (tertiary/aromatic N) is 3. The molecule has 27 heavy (non-hydrogen) atoms. The van der Waals surface area contributed by atoms with E-state index in [1.54, 1.807) is 21.6 Å². The maximum Gasteiger partial charge on any atom is 0.272 e. The summed E-state index contributed by atoms with van der Waals surface area (Å²) in [5, 5.41) is 0.612. The highest BCUT2D eigenvalue weighted by molar-refractivity contribution is 7.98. The van der Waals surface area contributed by atoms with E-state index in [9.17, 15) is 17.6 Å². The zero-order valence-electron chi connectivity index (χ0n) is 15.3. The topological polar surface area (TPSA) is 72.3 Å². The number of hydrogen-bond acceptors (Lipinski definition) is 5. The Balaban J connectivity index is 2.00. The second kappa shape index (κ2) is 8.02. The summed E-state index contributed by atoms with van der Waals surface area (Å²) in [6, 6.07) is 5.54. The smallest absolute Gasteiger partial charge is 0.272 e. The number of carbonyl (C=O) groups is 1. The van der Waals surface area contributed by atoms with E-state index < -0.39 is 9.84 Å². The summed E-state index contributed by atoms with van der Waals surface area (Å²) in [6.07, 6.45) is 4.53. The van der Waals surface area contributed by atoms with Gasteiger partial charge in [-0.05, 0) is 43.4 Å². The van der Waals surface area contributed by atoms with Gasteiger partial charge in [0.25, 0.3) is 5.91 Å². The number of carbonyl (C=O) groups excluding carboxylic acids is 1. The van der Waals surface area contributed by atoms with Crippen molar-refractivity contribution in [2.75, 3.05) is 24.3 Å². The minimum atomic E-state index is -3.10. The van der Waals surface area contributed by atoms with Crippen molar-refractivity contribution in [1.29, 1.82) is 0 Å². The van der Waals surface area contributed by atoms with Gasteiger partial charge in [-0.2, -0.15) is 0 Å². The molecule has 1 unspecified atom stereocenters. The van der Waals surface area contributed by atoms with Crippen LogP contribution in [-0.4, -0.2) is 59.1 Å². The lowest BCUT2D eigenvalue weighted by molar-refractivity contribution is 0.0688. The Bertz CT molecular complexity index is 926. The lowest BCUT2D eigenvalue weighted by Gasteiger charge is -2.28. The first-order chi connectivity index (χ1) is 12.9. The lowest BCUT2D eigenvalue weighted by Crippen LogP contribution is -2.42. The highest BCUT2D eigenvalue weighted by Gasteiger charge is 2.35. The third kappa shape index (κ3) is 4.19. The predicted molar refractivity (Wildman–Crippen MR) is 104 cm³/mol. The molecular formula is C18H22FN3O3S2. The highest BCUT2D eigenvalue weighted by Crippen LogP contribution is 2.25. The summed E-state index contributed by atoms with van der Waals surface area (Å²) < 4.78 is 38.8. The van der Waals surface area contributed by atoms with Crippen molar-refractivity contribution in [2.45, 2.75) is 31.0 Å². The monoisotopic (exact) mass is 411 g/mol. The van der Waals surface area contributed by atoms with E-state index in [0.29, 0.717) is 29.5 Å². The zero-order chi connectivity index (χ0) is 19.6. The number of rotatable bonds is 6. The molecule has 0 spiro atoms. The molecule has 0 aliphatic carbocycles. The van der Waals surface area contributed by atoms with Crippen LogP contribution in [0.4, 0.5) is 4.39 Å². The average Bonchev–Trinajstić information content (AvgIpc) is 3.22. The first kappa shape index (κ1) is 19.9. The Hall–Kier alpha value is -1.87. The summed E-state index contributed by atoms with van der Waals surface area (Å²) in [4.78, 5) is 19.3. The van der Waals surface area contributed by atoms with Crippen LogP contribution in [0.5, 0.6) is 0 Å². The fraction of sp³-hybridized carbons (Fsp3) is 0.444. The highest BCUT2D eigenvalue weighted by atomic mass is 32.2. The molecule has 0 radical (unpaired) electrons. The molecule has 0 bridgehead atoms. The normalized spacial score (nSPS) is 18.6. The van der Waals surface area contributed by atoms with Crippen LogP contribution in [0.25, 0.3) is 5.69 Å². The molecule has 1 saturated heterocycles. The molecule has 1 aliphatic heterocycles. The molecule has 3 rings (SSSR count). The Labute approximate surface area is 162 Å². The molecule has 1 amide bonds. The molecular weight excluding hydrogens is 389 g/mol. The van der Waals surface area contributed by atoms with Gasteiger partial charge >= 0.3 is 0 Å². The molecule has 146 valence electrons.